The second-order valence-corrected chi connectivity index (χ2v) is 12.7. The Labute approximate surface area is 282 Å². The molecule has 0 bridgehead atoms. The van der Waals surface area contributed by atoms with Crippen LogP contribution in [0.15, 0.2) is 78.9 Å². The second-order valence-electron chi connectivity index (χ2n) is 12.7. The maximum atomic E-state index is 13.3. The van der Waals surface area contributed by atoms with Crippen molar-refractivity contribution < 1.29 is 33.4 Å². The van der Waals surface area contributed by atoms with E-state index in [0.29, 0.717) is 25.8 Å². The van der Waals surface area contributed by atoms with Crippen molar-refractivity contribution >= 4 is 24.2 Å². The molecule has 3 aromatic rings. The van der Waals surface area contributed by atoms with Crippen molar-refractivity contribution in [2.45, 2.75) is 64.2 Å². The van der Waals surface area contributed by atoms with Gasteiger partial charge in [-0.3, -0.25) is 4.79 Å². The molecule has 0 fully saturated rings. The summed E-state index contributed by atoms with van der Waals surface area (Å²) in [6.07, 6.45) is -0.334. The zero-order chi connectivity index (χ0) is 34.5. The Morgan fingerprint density at radius 3 is 2.04 bits per heavy atom. The minimum atomic E-state index is -0.891. The van der Waals surface area contributed by atoms with Crippen LogP contribution >= 0.6 is 0 Å². The van der Waals surface area contributed by atoms with Gasteiger partial charge in [-0.2, -0.15) is 0 Å². The first-order chi connectivity index (χ1) is 23.0. The molecule has 0 aromatic heterocycles. The molecule has 1 unspecified atom stereocenters. The number of alkyl carbamates (subject to hydrolysis) is 2. The molecule has 3 N–H and O–H groups in total. The number of rotatable bonds is 14. The van der Waals surface area contributed by atoms with Gasteiger partial charge in [0.25, 0.3) is 0 Å². The fraction of sp³-hybridized carbons (Fsp3) is 0.405. The van der Waals surface area contributed by atoms with Crippen molar-refractivity contribution in [3.05, 3.63) is 95.6 Å². The quantitative estimate of drug-likeness (QED) is 0.143. The average Bonchev–Trinajstić information content (AvgIpc) is 3.38. The Balaban J connectivity index is 1.29. The smallest absolute Gasteiger partial charge is 0.409 e. The molecule has 3 aromatic carbocycles. The summed E-state index contributed by atoms with van der Waals surface area (Å²) in [5, 5.41) is 8.24. The van der Waals surface area contributed by atoms with Crippen molar-refractivity contribution in [1.29, 1.82) is 0 Å². The molecule has 256 valence electrons. The van der Waals surface area contributed by atoms with Crippen LogP contribution in [0.25, 0.3) is 11.1 Å². The first-order valence-corrected chi connectivity index (χ1v) is 16.3. The molecule has 1 aliphatic rings. The Kier molecular flexibility index (Phi) is 12.8. The number of likely N-dealkylation sites (N-methyl/N-ethyl adjacent to an activating group) is 1. The Morgan fingerprint density at radius 1 is 0.771 bits per heavy atom. The van der Waals surface area contributed by atoms with Gasteiger partial charge in [-0.25, -0.2) is 14.4 Å². The molecule has 0 aliphatic heterocycles. The van der Waals surface area contributed by atoms with E-state index in [0.717, 1.165) is 27.8 Å². The van der Waals surface area contributed by atoms with Crippen molar-refractivity contribution in [2.24, 2.45) is 0 Å². The van der Waals surface area contributed by atoms with Gasteiger partial charge >= 0.3 is 18.3 Å². The number of hydrogen-bond acceptors (Lipinski definition) is 7. The van der Waals surface area contributed by atoms with E-state index in [4.69, 9.17) is 14.2 Å². The summed E-state index contributed by atoms with van der Waals surface area (Å²) in [5.74, 6) is -0.527. The molecular weight excluding hydrogens is 612 g/mol. The number of unbranched alkanes of at least 4 members (excludes halogenated alkanes) is 1. The zero-order valence-corrected chi connectivity index (χ0v) is 28.1. The number of fused-ring (bicyclic) bond motifs is 3. The second kappa shape index (κ2) is 17.2. The summed E-state index contributed by atoms with van der Waals surface area (Å²) >= 11 is 0. The summed E-state index contributed by atoms with van der Waals surface area (Å²) in [4.78, 5) is 52.1. The number of ether oxygens (including phenoxy) is 3. The minimum Gasteiger partial charge on any atom is -0.449 e. The Bertz CT molecular complexity index is 1490. The van der Waals surface area contributed by atoms with Gasteiger partial charge in [0.1, 0.15) is 24.9 Å². The molecular formula is C37H46N4O7. The van der Waals surface area contributed by atoms with E-state index >= 15 is 0 Å². The third kappa shape index (κ3) is 10.8. The summed E-state index contributed by atoms with van der Waals surface area (Å²) < 4.78 is 16.3. The normalized spacial score (nSPS) is 12.6. The van der Waals surface area contributed by atoms with Gasteiger partial charge < -0.3 is 35.1 Å². The van der Waals surface area contributed by atoms with Gasteiger partial charge in [-0.15, -0.1) is 0 Å². The molecule has 4 amide bonds. The third-order valence-corrected chi connectivity index (χ3v) is 7.80. The first-order valence-electron chi connectivity index (χ1n) is 16.3. The molecule has 0 spiro atoms. The lowest BCUT2D eigenvalue weighted by molar-refractivity contribution is -0.123. The molecule has 0 saturated carbocycles. The summed E-state index contributed by atoms with van der Waals surface area (Å²) in [7, 11) is 1.59. The van der Waals surface area contributed by atoms with Crippen LogP contribution < -0.4 is 16.0 Å². The van der Waals surface area contributed by atoms with Gasteiger partial charge in [0, 0.05) is 32.6 Å². The number of carbonyl (C=O) groups excluding carboxylic acids is 4. The van der Waals surface area contributed by atoms with Crippen LogP contribution in [0.1, 0.15) is 62.6 Å². The van der Waals surface area contributed by atoms with E-state index in [1.54, 1.807) is 27.8 Å². The molecule has 11 heteroatoms. The molecule has 1 aliphatic carbocycles. The topological polar surface area (TPSA) is 135 Å². The minimum absolute atomic E-state index is 0.115. The summed E-state index contributed by atoms with van der Waals surface area (Å²) in [6.45, 7) is 6.33. The van der Waals surface area contributed by atoms with E-state index in [-0.39, 0.29) is 32.2 Å². The van der Waals surface area contributed by atoms with Crippen LogP contribution in [0.4, 0.5) is 14.4 Å². The maximum Gasteiger partial charge on any atom is 0.409 e. The lowest BCUT2D eigenvalue weighted by Crippen LogP contribution is -2.48. The van der Waals surface area contributed by atoms with Gasteiger partial charge in [0.15, 0.2) is 0 Å². The predicted molar refractivity (Wildman–Crippen MR) is 182 cm³/mol. The highest BCUT2D eigenvalue weighted by atomic mass is 16.6. The number of benzene rings is 3. The summed E-state index contributed by atoms with van der Waals surface area (Å²) in [6, 6.07) is 24.6. The van der Waals surface area contributed by atoms with Gasteiger partial charge in [-0.05, 0) is 67.9 Å². The van der Waals surface area contributed by atoms with Gasteiger partial charge in [-0.1, -0.05) is 78.9 Å². The first kappa shape index (κ1) is 35.8. The summed E-state index contributed by atoms with van der Waals surface area (Å²) in [5.41, 5.74) is 4.68. The largest absolute Gasteiger partial charge is 0.449 e. The van der Waals surface area contributed by atoms with Crippen molar-refractivity contribution in [3.8, 4) is 11.1 Å². The lowest BCUT2D eigenvalue weighted by atomic mass is 9.98. The zero-order valence-electron chi connectivity index (χ0n) is 28.1. The molecule has 11 nitrogen and oxygen atoms in total. The van der Waals surface area contributed by atoms with Crippen LogP contribution in [0.3, 0.4) is 0 Å². The average molecular weight is 659 g/mol. The van der Waals surface area contributed by atoms with Crippen molar-refractivity contribution in [3.63, 3.8) is 0 Å². The van der Waals surface area contributed by atoms with Crippen LogP contribution in [0, 0.1) is 0 Å². The molecule has 48 heavy (non-hydrogen) atoms. The van der Waals surface area contributed by atoms with E-state index in [2.05, 4.69) is 28.1 Å². The van der Waals surface area contributed by atoms with E-state index in [1.807, 2.05) is 66.7 Å². The SMILES string of the molecule is CN(CCNC(=O)C(CCCCNC(=O)OC(C)(C)C)NC(=O)OCC1c2ccccc2-c2ccccc21)C(=O)OCc1ccccc1. The number of hydrogen-bond donors (Lipinski definition) is 3. The molecule has 0 radical (unpaired) electrons. The third-order valence-electron chi connectivity index (χ3n) is 7.80. The molecule has 0 saturated heterocycles. The van der Waals surface area contributed by atoms with Crippen LogP contribution in [-0.4, -0.2) is 74.0 Å². The highest BCUT2D eigenvalue weighted by molar-refractivity contribution is 5.85. The maximum absolute atomic E-state index is 13.3. The fourth-order valence-electron chi connectivity index (χ4n) is 5.42. The van der Waals surface area contributed by atoms with E-state index < -0.39 is 35.8 Å². The standard InChI is InChI=1S/C37H46N4O7/c1-37(2,3)48-34(43)39-21-13-12-20-32(33(42)38-22-23-41(4)36(45)47-24-26-14-6-5-7-15-26)40-35(44)46-25-31-29-18-10-8-16-27(29)28-17-9-11-19-30(28)31/h5-11,14-19,31-32H,12-13,20-25H2,1-4H3,(H,38,42)(H,39,43)(H,40,44). The molecule has 0 heterocycles. The highest BCUT2D eigenvalue weighted by Crippen LogP contribution is 2.44. The monoisotopic (exact) mass is 658 g/mol. The number of amides is 4. The van der Waals surface area contributed by atoms with Gasteiger partial charge in [0.05, 0.1) is 0 Å². The van der Waals surface area contributed by atoms with Crippen molar-refractivity contribution in [2.75, 3.05) is 33.3 Å². The number of nitrogens with one attached hydrogen (secondary N) is 3. The number of nitrogens with zero attached hydrogens (tertiary/aromatic N) is 1. The van der Waals surface area contributed by atoms with Crippen LogP contribution in [0.2, 0.25) is 0 Å². The van der Waals surface area contributed by atoms with Crippen LogP contribution in [-0.2, 0) is 25.6 Å². The fourth-order valence-corrected chi connectivity index (χ4v) is 5.42. The highest BCUT2D eigenvalue weighted by Gasteiger charge is 2.30. The Morgan fingerprint density at radius 2 is 1.40 bits per heavy atom. The number of carbonyl (C=O) groups is 4. The molecule has 4 rings (SSSR count). The van der Waals surface area contributed by atoms with Crippen LogP contribution in [0.5, 0.6) is 0 Å². The van der Waals surface area contributed by atoms with E-state index in [1.165, 1.54) is 4.90 Å². The van der Waals surface area contributed by atoms with E-state index in [9.17, 15) is 19.2 Å². The molecule has 1 atom stereocenters. The van der Waals surface area contributed by atoms with Crippen molar-refractivity contribution in [1.82, 2.24) is 20.9 Å². The Hall–Kier alpha value is -5.06. The lowest BCUT2D eigenvalue weighted by Gasteiger charge is -2.21. The predicted octanol–water partition coefficient (Wildman–Crippen LogP) is 5.97. The van der Waals surface area contributed by atoms with Gasteiger partial charge in [0.2, 0.25) is 5.91 Å².